The molecule has 0 unspecified atom stereocenters. The first-order valence-corrected chi connectivity index (χ1v) is 5.26. The summed E-state index contributed by atoms with van der Waals surface area (Å²) in [4.78, 5) is 24.2. The summed E-state index contributed by atoms with van der Waals surface area (Å²) in [5.41, 5.74) is 0.557. The summed E-state index contributed by atoms with van der Waals surface area (Å²) in [6.07, 6.45) is 0.0835. The maximum absolute atomic E-state index is 11.8. The lowest BCUT2D eigenvalue weighted by Gasteiger charge is -2.16. The van der Waals surface area contributed by atoms with Gasteiger partial charge in [-0.2, -0.15) is 0 Å². The van der Waals surface area contributed by atoms with Gasteiger partial charge in [-0.15, -0.1) is 0 Å². The molecule has 0 saturated carbocycles. The summed E-state index contributed by atoms with van der Waals surface area (Å²) < 4.78 is 0. The van der Waals surface area contributed by atoms with Crippen molar-refractivity contribution in [1.82, 2.24) is 10.2 Å². The SMILES string of the molecule is CNC(=O)CN(C)C(=O)Cc1ccccc1O. The highest BCUT2D eigenvalue weighted by Crippen LogP contribution is 2.16. The zero-order chi connectivity index (χ0) is 12.8. The monoisotopic (exact) mass is 236 g/mol. The molecular formula is C12H16N2O3. The Bertz CT molecular complexity index is 418. The molecule has 0 bridgehead atoms. The van der Waals surface area contributed by atoms with Crippen LogP contribution in [-0.4, -0.2) is 42.5 Å². The smallest absolute Gasteiger partial charge is 0.239 e. The molecule has 92 valence electrons. The van der Waals surface area contributed by atoms with E-state index in [0.29, 0.717) is 5.56 Å². The third-order valence-corrected chi connectivity index (χ3v) is 2.42. The Kier molecular flexibility index (Phi) is 4.51. The Morgan fingerprint density at radius 3 is 2.59 bits per heavy atom. The summed E-state index contributed by atoms with van der Waals surface area (Å²) in [5, 5.41) is 12.0. The molecule has 2 N–H and O–H groups in total. The molecule has 0 saturated heterocycles. The van der Waals surface area contributed by atoms with Crippen LogP contribution in [-0.2, 0) is 16.0 Å². The van der Waals surface area contributed by atoms with E-state index < -0.39 is 0 Å². The lowest BCUT2D eigenvalue weighted by atomic mass is 10.1. The average molecular weight is 236 g/mol. The zero-order valence-corrected chi connectivity index (χ0v) is 9.93. The fraction of sp³-hybridized carbons (Fsp3) is 0.333. The number of carbonyl (C=O) groups is 2. The molecule has 0 fully saturated rings. The van der Waals surface area contributed by atoms with Crippen LogP contribution in [0.3, 0.4) is 0 Å². The standard InChI is InChI=1S/C12H16N2O3/c1-13-11(16)8-14(2)12(17)7-9-5-3-4-6-10(9)15/h3-6,15H,7-8H2,1-2H3,(H,13,16). The first-order chi connectivity index (χ1) is 8.04. The third kappa shape index (κ3) is 3.79. The third-order valence-electron chi connectivity index (χ3n) is 2.42. The fourth-order valence-corrected chi connectivity index (χ4v) is 1.34. The first-order valence-electron chi connectivity index (χ1n) is 5.26. The van der Waals surface area contributed by atoms with Crippen LogP contribution in [0.4, 0.5) is 0 Å². The Morgan fingerprint density at radius 1 is 1.35 bits per heavy atom. The number of likely N-dealkylation sites (N-methyl/N-ethyl adjacent to an activating group) is 2. The summed E-state index contributed by atoms with van der Waals surface area (Å²) in [7, 11) is 3.07. The highest BCUT2D eigenvalue weighted by Gasteiger charge is 2.13. The number of hydrogen-bond donors (Lipinski definition) is 2. The van der Waals surface area contributed by atoms with Crippen molar-refractivity contribution in [3.05, 3.63) is 29.8 Å². The number of nitrogens with zero attached hydrogens (tertiary/aromatic N) is 1. The van der Waals surface area contributed by atoms with Crippen molar-refractivity contribution in [2.45, 2.75) is 6.42 Å². The Morgan fingerprint density at radius 2 is 2.00 bits per heavy atom. The van der Waals surface area contributed by atoms with Gasteiger partial charge in [-0.05, 0) is 6.07 Å². The summed E-state index contributed by atoms with van der Waals surface area (Å²) in [5.74, 6) is -0.345. The predicted octanol–water partition coefficient (Wildman–Crippen LogP) is 0.139. The molecule has 0 aliphatic rings. The Balaban J connectivity index is 2.60. The molecular weight excluding hydrogens is 220 g/mol. The number of benzene rings is 1. The van der Waals surface area contributed by atoms with E-state index in [0.717, 1.165) is 0 Å². The van der Waals surface area contributed by atoms with Gasteiger partial charge in [0.15, 0.2) is 0 Å². The van der Waals surface area contributed by atoms with Gasteiger partial charge in [0.25, 0.3) is 0 Å². The van der Waals surface area contributed by atoms with Crippen LogP contribution in [0.5, 0.6) is 5.75 Å². The molecule has 0 heterocycles. The summed E-state index contributed by atoms with van der Waals surface area (Å²) >= 11 is 0. The van der Waals surface area contributed by atoms with E-state index in [1.165, 1.54) is 18.0 Å². The van der Waals surface area contributed by atoms with Crippen LogP contribution in [0, 0.1) is 0 Å². The van der Waals surface area contributed by atoms with Crippen molar-refractivity contribution >= 4 is 11.8 Å². The fourth-order valence-electron chi connectivity index (χ4n) is 1.34. The topological polar surface area (TPSA) is 69.6 Å². The number of rotatable bonds is 4. The van der Waals surface area contributed by atoms with Crippen molar-refractivity contribution in [1.29, 1.82) is 0 Å². The minimum Gasteiger partial charge on any atom is -0.508 e. The van der Waals surface area contributed by atoms with Gasteiger partial charge in [0.05, 0.1) is 13.0 Å². The molecule has 5 nitrogen and oxygen atoms in total. The van der Waals surface area contributed by atoms with E-state index in [1.54, 1.807) is 25.2 Å². The summed E-state index contributed by atoms with van der Waals surface area (Å²) in [6, 6.07) is 6.65. The van der Waals surface area contributed by atoms with Crippen molar-refractivity contribution in [3.8, 4) is 5.75 Å². The van der Waals surface area contributed by atoms with E-state index in [9.17, 15) is 14.7 Å². The van der Waals surface area contributed by atoms with E-state index in [-0.39, 0.29) is 30.5 Å². The van der Waals surface area contributed by atoms with Crippen LogP contribution in [0.25, 0.3) is 0 Å². The van der Waals surface area contributed by atoms with Crippen LogP contribution in [0.1, 0.15) is 5.56 Å². The largest absolute Gasteiger partial charge is 0.508 e. The lowest BCUT2D eigenvalue weighted by molar-refractivity contribution is -0.134. The van der Waals surface area contributed by atoms with Crippen molar-refractivity contribution in [2.24, 2.45) is 0 Å². The molecule has 1 rings (SSSR count). The van der Waals surface area contributed by atoms with Crippen LogP contribution >= 0.6 is 0 Å². The molecule has 0 aromatic heterocycles. The second-order valence-corrected chi connectivity index (χ2v) is 3.73. The van der Waals surface area contributed by atoms with Crippen LogP contribution in [0.15, 0.2) is 24.3 Å². The Labute approximate surface area is 100 Å². The van der Waals surface area contributed by atoms with E-state index in [1.807, 2.05) is 0 Å². The number of hydrogen-bond acceptors (Lipinski definition) is 3. The molecule has 0 atom stereocenters. The first kappa shape index (κ1) is 13.0. The van der Waals surface area contributed by atoms with Gasteiger partial charge >= 0.3 is 0 Å². The minimum atomic E-state index is -0.224. The number of para-hydroxylation sites is 1. The predicted molar refractivity (Wildman–Crippen MR) is 63.5 cm³/mol. The number of amides is 2. The molecule has 5 heteroatoms. The van der Waals surface area contributed by atoms with Gasteiger partial charge in [-0.1, -0.05) is 18.2 Å². The second kappa shape index (κ2) is 5.89. The highest BCUT2D eigenvalue weighted by molar-refractivity contribution is 5.85. The number of carbonyl (C=O) groups excluding carboxylic acids is 2. The van der Waals surface area contributed by atoms with Gasteiger partial charge < -0.3 is 15.3 Å². The van der Waals surface area contributed by atoms with Crippen LogP contribution < -0.4 is 5.32 Å². The van der Waals surface area contributed by atoms with E-state index in [4.69, 9.17) is 0 Å². The molecule has 0 radical (unpaired) electrons. The van der Waals surface area contributed by atoms with Crippen molar-refractivity contribution in [2.75, 3.05) is 20.6 Å². The average Bonchev–Trinajstić information content (AvgIpc) is 2.31. The molecule has 1 aromatic carbocycles. The maximum Gasteiger partial charge on any atom is 0.239 e. The minimum absolute atomic E-state index is 0.0168. The zero-order valence-electron chi connectivity index (χ0n) is 9.93. The normalized spacial score (nSPS) is 9.76. The molecule has 0 aliphatic carbocycles. The second-order valence-electron chi connectivity index (χ2n) is 3.73. The molecule has 1 aromatic rings. The Hall–Kier alpha value is -2.04. The van der Waals surface area contributed by atoms with E-state index >= 15 is 0 Å². The van der Waals surface area contributed by atoms with Gasteiger partial charge in [0.2, 0.25) is 11.8 Å². The van der Waals surface area contributed by atoms with Gasteiger partial charge in [-0.3, -0.25) is 9.59 Å². The number of nitrogens with one attached hydrogen (secondary N) is 1. The quantitative estimate of drug-likeness (QED) is 0.781. The maximum atomic E-state index is 11.8. The number of phenols is 1. The number of phenolic OH excluding ortho intramolecular Hbond substituents is 1. The van der Waals surface area contributed by atoms with Crippen LogP contribution in [0.2, 0.25) is 0 Å². The van der Waals surface area contributed by atoms with E-state index in [2.05, 4.69) is 5.32 Å². The molecule has 17 heavy (non-hydrogen) atoms. The van der Waals surface area contributed by atoms with Crippen molar-refractivity contribution in [3.63, 3.8) is 0 Å². The summed E-state index contributed by atoms with van der Waals surface area (Å²) in [6.45, 7) is 0.0168. The van der Waals surface area contributed by atoms with Gasteiger partial charge in [0, 0.05) is 19.7 Å². The highest BCUT2D eigenvalue weighted by atomic mass is 16.3. The van der Waals surface area contributed by atoms with Gasteiger partial charge in [-0.25, -0.2) is 0 Å². The lowest BCUT2D eigenvalue weighted by Crippen LogP contribution is -2.37. The van der Waals surface area contributed by atoms with Crippen molar-refractivity contribution < 1.29 is 14.7 Å². The molecule has 0 aliphatic heterocycles. The van der Waals surface area contributed by atoms with Gasteiger partial charge in [0.1, 0.15) is 5.75 Å². The molecule has 2 amide bonds. The molecule has 0 spiro atoms. The number of aromatic hydroxyl groups is 1.